The molecule has 10 nitrogen and oxygen atoms in total. The molecule has 6 N–H and O–H groups in total. The number of rotatable bonds is 7. The van der Waals surface area contributed by atoms with Crippen molar-refractivity contribution in [3.05, 3.63) is 148 Å². The van der Waals surface area contributed by atoms with Crippen LogP contribution in [-0.4, -0.2) is 53.9 Å². The standard InChI is InChI=1S/C43H32N2O8/c1-53-43(52)35(26-11-19-30(49)20-12-26)40-33(24-7-15-28(47)16-8-24)37-36-31-3-2-4-32(50)38(31)44-39(36)42(51)34(25-9-17-29(48)18-10-25)41(37)45(40)22-21-23-5-13-27(46)14-6-23/h2-20,44,46-50H,21-22H2,1H3/b40-35+. The summed E-state index contributed by atoms with van der Waals surface area (Å²) in [5, 5.41) is 53.4. The molecule has 262 valence electrons. The lowest BCUT2D eigenvalue weighted by Crippen LogP contribution is -2.36. The third kappa shape index (κ3) is 5.53. The molecule has 0 radical (unpaired) electrons. The summed E-state index contributed by atoms with van der Waals surface area (Å²) in [6.07, 6.45) is 0.409. The second kappa shape index (κ2) is 12.8. The number of aromatic nitrogens is 2. The second-order valence-electron chi connectivity index (χ2n) is 12.8. The largest absolute Gasteiger partial charge is 0.508 e. The summed E-state index contributed by atoms with van der Waals surface area (Å²) >= 11 is 0. The van der Waals surface area contributed by atoms with Crippen LogP contribution in [0.4, 0.5) is 0 Å². The van der Waals surface area contributed by atoms with E-state index in [2.05, 4.69) is 4.98 Å². The number of nitrogens with one attached hydrogen (secondary N) is 1. The van der Waals surface area contributed by atoms with E-state index in [1.54, 1.807) is 66.7 Å². The van der Waals surface area contributed by atoms with Crippen LogP contribution in [0, 0.1) is 0 Å². The summed E-state index contributed by atoms with van der Waals surface area (Å²) < 4.78 is 7.38. The second-order valence-corrected chi connectivity index (χ2v) is 12.8. The van der Waals surface area contributed by atoms with Crippen LogP contribution < -0.4 is 10.7 Å². The molecule has 0 unspecified atom stereocenters. The first-order chi connectivity index (χ1) is 25.6. The van der Waals surface area contributed by atoms with Crippen LogP contribution in [0.3, 0.4) is 0 Å². The Hall–Kier alpha value is -7.20. The highest BCUT2D eigenvalue weighted by atomic mass is 16.5. The van der Waals surface area contributed by atoms with E-state index in [4.69, 9.17) is 4.74 Å². The van der Waals surface area contributed by atoms with Gasteiger partial charge in [-0.1, -0.05) is 60.7 Å². The van der Waals surface area contributed by atoms with E-state index in [0.717, 1.165) is 5.56 Å². The van der Waals surface area contributed by atoms with Crippen LogP contribution in [-0.2, 0) is 22.5 Å². The van der Waals surface area contributed by atoms with Crippen molar-refractivity contribution in [3.63, 3.8) is 0 Å². The van der Waals surface area contributed by atoms with Crippen molar-refractivity contribution in [1.82, 2.24) is 9.55 Å². The van der Waals surface area contributed by atoms with E-state index in [-0.39, 0.29) is 57.9 Å². The van der Waals surface area contributed by atoms with Gasteiger partial charge in [0.05, 0.1) is 40.2 Å². The minimum absolute atomic E-state index is 0.00415. The number of esters is 1. The van der Waals surface area contributed by atoms with E-state index in [9.17, 15) is 35.1 Å². The number of benzene rings is 5. The summed E-state index contributed by atoms with van der Waals surface area (Å²) in [4.78, 5) is 32.3. The Labute approximate surface area is 302 Å². The zero-order chi connectivity index (χ0) is 37.0. The Morgan fingerprint density at radius 3 is 1.85 bits per heavy atom. The normalized spacial score (nSPS) is 12.8. The number of ether oxygens (including phenoxy) is 1. The van der Waals surface area contributed by atoms with Gasteiger partial charge in [-0.3, -0.25) is 4.79 Å². The molecule has 0 atom stereocenters. The SMILES string of the molecule is COC(=O)/C(c1ccc(O)cc1)=c1\c(-c2ccc(O)cc2)c2c(n1CCc1ccc(O)cc1)=C(c1ccc(O)cc1)C(=O)c1[nH]c3c(O)cccc3c1-2. The van der Waals surface area contributed by atoms with Crippen LogP contribution >= 0.6 is 0 Å². The zero-order valence-corrected chi connectivity index (χ0v) is 28.3. The van der Waals surface area contributed by atoms with E-state index < -0.39 is 5.97 Å². The van der Waals surface area contributed by atoms with Gasteiger partial charge in [-0.15, -0.1) is 0 Å². The van der Waals surface area contributed by atoms with Gasteiger partial charge in [0.25, 0.3) is 0 Å². The molecule has 2 heterocycles. The topological polar surface area (TPSA) is 165 Å². The van der Waals surface area contributed by atoms with Gasteiger partial charge in [0.2, 0.25) is 5.78 Å². The molecular weight excluding hydrogens is 672 g/mol. The summed E-state index contributed by atoms with van der Waals surface area (Å²) in [5.74, 6) is -0.959. The van der Waals surface area contributed by atoms with Crippen molar-refractivity contribution < 1.29 is 39.9 Å². The highest BCUT2D eigenvalue weighted by Gasteiger charge is 2.36. The first-order valence-corrected chi connectivity index (χ1v) is 16.8. The molecule has 0 saturated heterocycles. The molecule has 0 bridgehead atoms. The monoisotopic (exact) mass is 704 g/mol. The van der Waals surface area contributed by atoms with Gasteiger partial charge in [0.15, 0.2) is 0 Å². The molecule has 0 spiro atoms. The lowest BCUT2D eigenvalue weighted by molar-refractivity contribution is -0.133. The van der Waals surface area contributed by atoms with Crippen LogP contribution in [0.1, 0.15) is 27.2 Å². The third-order valence-electron chi connectivity index (χ3n) is 9.67. The third-order valence-corrected chi connectivity index (χ3v) is 9.67. The molecule has 5 aromatic carbocycles. The predicted molar refractivity (Wildman–Crippen MR) is 199 cm³/mol. The fraction of sp³-hybridized carbons (Fsp3) is 0.0698. The number of phenols is 5. The van der Waals surface area contributed by atoms with Crippen molar-refractivity contribution in [2.24, 2.45) is 0 Å². The molecule has 1 aliphatic carbocycles. The number of aromatic amines is 1. The van der Waals surface area contributed by atoms with Crippen molar-refractivity contribution >= 4 is 33.8 Å². The van der Waals surface area contributed by atoms with E-state index in [1.165, 1.54) is 49.6 Å². The van der Waals surface area contributed by atoms with Crippen LogP contribution in [0.5, 0.6) is 28.7 Å². The number of hydrogen-bond acceptors (Lipinski definition) is 8. The average Bonchev–Trinajstić information content (AvgIpc) is 3.71. The van der Waals surface area contributed by atoms with Crippen LogP contribution in [0.15, 0.2) is 115 Å². The maximum absolute atomic E-state index is 15.0. The van der Waals surface area contributed by atoms with Crippen molar-refractivity contribution in [2.75, 3.05) is 7.11 Å². The van der Waals surface area contributed by atoms with Crippen LogP contribution in [0.25, 0.3) is 44.3 Å². The molecule has 53 heavy (non-hydrogen) atoms. The molecule has 0 saturated carbocycles. The predicted octanol–water partition coefficient (Wildman–Crippen LogP) is 5.84. The molecule has 1 aliphatic rings. The Bertz CT molecular complexity index is 2700. The summed E-state index contributed by atoms with van der Waals surface area (Å²) in [5.41, 5.74) is 5.08. The van der Waals surface area contributed by atoms with E-state index >= 15 is 0 Å². The molecule has 10 heteroatoms. The Balaban J connectivity index is 1.66. The molecule has 8 rings (SSSR count). The summed E-state index contributed by atoms with van der Waals surface area (Å²) in [6.45, 7) is 0.233. The Morgan fingerprint density at radius 1 is 0.679 bits per heavy atom. The minimum Gasteiger partial charge on any atom is -0.508 e. The number of H-pyrrole nitrogens is 1. The number of hydrogen-bond donors (Lipinski definition) is 6. The highest BCUT2D eigenvalue weighted by molar-refractivity contribution is 6.34. The number of para-hydroxylation sites is 1. The summed E-state index contributed by atoms with van der Waals surface area (Å²) in [7, 11) is 1.28. The Kier molecular flexibility index (Phi) is 7.99. The van der Waals surface area contributed by atoms with Crippen molar-refractivity contribution in [1.29, 1.82) is 0 Å². The average molecular weight is 705 g/mol. The Morgan fingerprint density at radius 2 is 1.25 bits per heavy atom. The molecular formula is C43H32N2O8. The van der Waals surface area contributed by atoms with Gasteiger partial charge in [0.1, 0.15) is 28.7 Å². The van der Waals surface area contributed by atoms with Crippen molar-refractivity contribution in [3.8, 4) is 51.0 Å². The fourth-order valence-electron chi connectivity index (χ4n) is 7.26. The van der Waals surface area contributed by atoms with Gasteiger partial charge >= 0.3 is 5.97 Å². The first kappa shape index (κ1) is 33.0. The van der Waals surface area contributed by atoms with Gasteiger partial charge in [0, 0.05) is 28.6 Å². The maximum Gasteiger partial charge on any atom is 0.340 e. The fourth-order valence-corrected chi connectivity index (χ4v) is 7.26. The van der Waals surface area contributed by atoms with Gasteiger partial charge in [-0.2, -0.15) is 0 Å². The molecule has 0 aliphatic heterocycles. The maximum atomic E-state index is 15.0. The number of phenolic OH excluding ortho intramolecular Hbond substituents is 5. The summed E-state index contributed by atoms with van der Waals surface area (Å²) in [6, 6.07) is 30.8. The number of fused-ring (bicyclic) bond motifs is 5. The lowest BCUT2D eigenvalue weighted by Gasteiger charge is -2.17. The molecule has 0 fully saturated rings. The molecule has 7 aromatic rings. The number of nitrogens with zero attached hydrogens (tertiary/aromatic N) is 1. The first-order valence-electron chi connectivity index (χ1n) is 16.8. The number of aryl methyl sites for hydroxylation is 1. The number of aromatic hydroxyl groups is 5. The van der Waals surface area contributed by atoms with E-state index in [1.807, 2.05) is 10.6 Å². The quantitative estimate of drug-likeness (QED) is 0.113. The van der Waals surface area contributed by atoms with Crippen molar-refractivity contribution in [2.45, 2.75) is 13.0 Å². The van der Waals surface area contributed by atoms with Gasteiger partial charge in [-0.25, -0.2) is 4.79 Å². The lowest BCUT2D eigenvalue weighted by atomic mass is 9.85. The van der Waals surface area contributed by atoms with Gasteiger partial charge < -0.3 is 39.8 Å². The number of carbonyl (C=O) groups is 2. The molecule has 2 aromatic heterocycles. The number of methoxy groups -OCH3 is 1. The smallest absolute Gasteiger partial charge is 0.340 e. The number of Topliss-reactive ketones (excluding diaryl/α,β-unsaturated/α-hetero) is 1. The number of ketones is 1. The van der Waals surface area contributed by atoms with Crippen LogP contribution in [0.2, 0.25) is 0 Å². The minimum atomic E-state index is -0.675. The molecule has 0 amide bonds. The number of carbonyl (C=O) groups excluding carboxylic acids is 2. The zero-order valence-electron chi connectivity index (χ0n) is 28.3. The van der Waals surface area contributed by atoms with E-state index in [0.29, 0.717) is 61.4 Å². The van der Waals surface area contributed by atoms with Gasteiger partial charge in [-0.05, 0) is 83.3 Å². The highest BCUT2D eigenvalue weighted by Crippen LogP contribution is 2.43.